The van der Waals surface area contributed by atoms with Crippen molar-refractivity contribution in [1.29, 1.82) is 0 Å². The van der Waals surface area contributed by atoms with Crippen LogP contribution < -0.4 is 14.6 Å². The van der Waals surface area contributed by atoms with Gasteiger partial charge in [-0.15, -0.1) is 0 Å². The highest BCUT2D eigenvalue weighted by Crippen LogP contribution is 2.31. The number of amides is 1. The summed E-state index contributed by atoms with van der Waals surface area (Å²) in [6.45, 7) is 0. The summed E-state index contributed by atoms with van der Waals surface area (Å²) in [6, 6.07) is 20.5. The van der Waals surface area contributed by atoms with Gasteiger partial charge in [-0.05, 0) is 35.2 Å². The maximum Gasteiger partial charge on any atom is 0.242 e. The number of nitrogens with zero attached hydrogens (tertiary/aromatic N) is 1. The van der Waals surface area contributed by atoms with Crippen LogP contribution in [0.25, 0.3) is 11.0 Å². The number of carbonyl (C=O) groups is 1. The van der Waals surface area contributed by atoms with Gasteiger partial charge in [-0.1, -0.05) is 66.7 Å². The summed E-state index contributed by atoms with van der Waals surface area (Å²) in [5, 5.41) is 2.91. The number of para-hydroxylation sites is 2. The first-order chi connectivity index (χ1) is 19.3. The number of fused-ring (bicyclic) bond motifs is 1. The molecule has 3 atom stereocenters. The lowest BCUT2D eigenvalue weighted by atomic mass is 10.0. The number of aromatic nitrogens is 2. The van der Waals surface area contributed by atoms with Crippen LogP contribution in [0.2, 0.25) is 0 Å². The highest BCUT2D eigenvalue weighted by molar-refractivity contribution is 7.93. The molecule has 15 heteroatoms. The number of nitrogens with two attached hydrogens (primary N) is 1. The van der Waals surface area contributed by atoms with Gasteiger partial charge in [0.25, 0.3) is 0 Å². The molecule has 1 aliphatic heterocycles. The van der Waals surface area contributed by atoms with E-state index >= 15 is 0 Å². The van der Waals surface area contributed by atoms with E-state index in [4.69, 9.17) is 5.14 Å². The summed E-state index contributed by atoms with van der Waals surface area (Å²) in [5.74, 6) is -1.09. The van der Waals surface area contributed by atoms with Crippen molar-refractivity contribution >= 4 is 47.0 Å². The molecule has 1 aliphatic rings. The molecule has 216 valence electrons. The first kappa shape index (κ1) is 28.9. The number of imidazole rings is 1. The Labute approximate surface area is 237 Å². The zero-order valence-electron chi connectivity index (χ0n) is 21.5. The van der Waals surface area contributed by atoms with E-state index in [0.29, 0.717) is 28.0 Å². The summed E-state index contributed by atoms with van der Waals surface area (Å²) in [4.78, 5) is 19.3. The highest BCUT2D eigenvalue weighted by atomic mass is 32.2. The van der Waals surface area contributed by atoms with Gasteiger partial charge >= 0.3 is 0 Å². The van der Waals surface area contributed by atoms with Crippen LogP contribution in [0.1, 0.15) is 45.5 Å². The van der Waals surface area contributed by atoms with Crippen molar-refractivity contribution in [2.45, 2.75) is 29.4 Å². The first-order valence-corrected chi connectivity index (χ1v) is 17.3. The molecular weight excluding hydrogens is 591 g/mol. The molecule has 1 saturated heterocycles. The highest BCUT2D eigenvalue weighted by Gasteiger charge is 2.38. The van der Waals surface area contributed by atoms with E-state index < -0.39 is 58.3 Å². The first-order valence-electron chi connectivity index (χ1n) is 12.5. The summed E-state index contributed by atoms with van der Waals surface area (Å²) in [7, 11) is -12.4. The number of nitrogens with one attached hydrogen (secondary N) is 3. The largest absolute Gasteiger partial charge is 0.341 e. The molecule has 1 aromatic heterocycles. The minimum Gasteiger partial charge on any atom is -0.341 e. The van der Waals surface area contributed by atoms with Crippen LogP contribution in [-0.4, -0.2) is 46.9 Å². The number of hydrogen-bond acceptors (Lipinski definition) is 8. The predicted molar refractivity (Wildman–Crippen MR) is 153 cm³/mol. The van der Waals surface area contributed by atoms with E-state index in [1.54, 1.807) is 66.7 Å². The second-order valence-corrected chi connectivity index (χ2v) is 15.2. The Hall–Kier alpha value is -3.63. The molecule has 2 unspecified atom stereocenters. The number of aromatic amines is 1. The Kier molecular flexibility index (Phi) is 7.74. The van der Waals surface area contributed by atoms with Crippen molar-refractivity contribution in [2.24, 2.45) is 5.14 Å². The Morgan fingerprint density at radius 1 is 0.951 bits per heavy atom. The fourth-order valence-electron chi connectivity index (χ4n) is 4.79. The number of benzene rings is 3. The number of carbonyl (C=O) groups excluding carboxylic acids is 1. The predicted octanol–water partition coefficient (Wildman–Crippen LogP) is 1.69. The maximum atomic E-state index is 13.4. The Morgan fingerprint density at radius 2 is 1.61 bits per heavy atom. The minimum atomic E-state index is -4.28. The summed E-state index contributed by atoms with van der Waals surface area (Å²) >= 11 is 0. The Morgan fingerprint density at radius 3 is 2.22 bits per heavy atom. The second kappa shape index (κ2) is 11.0. The van der Waals surface area contributed by atoms with E-state index in [9.17, 15) is 30.0 Å². The van der Waals surface area contributed by atoms with Crippen molar-refractivity contribution in [3.8, 4) is 0 Å². The average molecular weight is 618 g/mol. The molecule has 41 heavy (non-hydrogen) atoms. The molecule has 3 aromatic carbocycles. The van der Waals surface area contributed by atoms with E-state index in [-0.39, 0.29) is 18.4 Å². The Balaban J connectivity index is 1.44. The van der Waals surface area contributed by atoms with Crippen molar-refractivity contribution in [3.05, 3.63) is 101 Å². The summed E-state index contributed by atoms with van der Waals surface area (Å²) in [5.41, 5.74) is 2.59. The monoisotopic (exact) mass is 617 g/mol. The lowest BCUT2D eigenvalue weighted by molar-refractivity contribution is -0.118. The topological polar surface area (TPSA) is 198 Å². The molecule has 0 aliphatic carbocycles. The Bertz CT molecular complexity index is 1880. The number of H-pyrrole nitrogens is 1. The third-order valence-corrected chi connectivity index (χ3v) is 11.4. The van der Waals surface area contributed by atoms with Crippen molar-refractivity contribution in [2.75, 3.05) is 5.75 Å². The molecule has 12 nitrogen and oxygen atoms in total. The van der Waals surface area contributed by atoms with Gasteiger partial charge in [-0.2, -0.15) is 0 Å². The van der Waals surface area contributed by atoms with Gasteiger partial charge in [0.1, 0.15) is 16.3 Å². The van der Waals surface area contributed by atoms with Gasteiger partial charge in [-0.3, -0.25) is 9.52 Å². The van der Waals surface area contributed by atoms with Crippen molar-refractivity contribution < 1.29 is 30.0 Å². The normalized spacial score (nSPS) is 18.7. The van der Waals surface area contributed by atoms with E-state index in [1.807, 2.05) is 4.72 Å². The third kappa shape index (κ3) is 6.65. The van der Waals surface area contributed by atoms with E-state index in [0.717, 1.165) is 0 Å². The number of hydrogen-bond donors (Lipinski definition) is 4. The quantitative estimate of drug-likeness (QED) is 0.206. The summed E-state index contributed by atoms with van der Waals surface area (Å²) in [6.07, 6.45) is -0.0883. The number of rotatable bonds is 10. The summed E-state index contributed by atoms with van der Waals surface area (Å²) < 4.78 is 80.6. The van der Waals surface area contributed by atoms with Gasteiger partial charge in [0, 0.05) is 0 Å². The standard InChI is InChI=1S/C26H27N5O7S3/c27-40(35,36)24(18-6-2-1-3-7-18)16-39(33,34)30-22(26-28-20-8-4-5-9-21(20)29-26)14-17-10-12-19(13-11-17)23-15-25(32)31-41(23,37)38/h1-13,22-24,30H,14-16H2,(H,28,29)(H,31,32)(H2,27,35,36)/t22-,23?,24?/m0/s1. The third-order valence-electron chi connectivity index (χ3n) is 6.79. The molecule has 0 bridgehead atoms. The van der Waals surface area contributed by atoms with Gasteiger partial charge < -0.3 is 4.98 Å². The lowest BCUT2D eigenvalue weighted by Crippen LogP contribution is -2.37. The lowest BCUT2D eigenvalue weighted by Gasteiger charge is -2.20. The zero-order chi connectivity index (χ0) is 29.4. The van der Waals surface area contributed by atoms with Crippen molar-refractivity contribution in [3.63, 3.8) is 0 Å². The van der Waals surface area contributed by atoms with Gasteiger partial charge in [-0.25, -0.2) is 40.1 Å². The molecule has 5 N–H and O–H groups in total. The maximum absolute atomic E-state index is 13.4. The molecule has 0 radical (unpaired) electrons. The zero-order valence-corrected chi connectivity index (χ0v) is 23.9. The SMILES string of the molecule is NS(=O)(=O)C(CS(=O)(=O)N[C@@H](Cc1ccc(C2CC(=O)NS2(=O)=O)cc1)c1nc2ccccc2[nH]1)c1ccccc1. The molecule has 0 spiro atoms. The van der Waals surface area contributed by atoms with Crippen LogP contribution in [0.3, 0.4) is 0 Å². The smallest absolute Gasteiger partial charge is 0.242 e. The van der Waals surface area contributed by atoms with Crippen LogP contribution in [0, 0.1) is 0 Å². The van der Waals surface area contributed by atoms with Gasteiger partial charge in [0.15, 0.2) is 0 Å². The van der Waals surface area contributed by atoms with E-state index in [2.05, 4.69) is 14.7 Å². The van der Waals surface area contributed by atoms with Crippen LogP contribution >= 0.6 is 0 Å². The molecule has 1 fully saturated rings. The molecule has 4 aromatic rings. The molecule has 2 heterocycles. The van der Waals surface area contributed by atoms with E-state index in [1.165, 1.54) is 12.1 Å². The fraction of sp³-hybridized carbons (Fsp3) is 0.231. The number of sulfonamides is 3. The fourth-order valence-corrected chi connectivity index (χ4v) is 9.37. The molecular formula is C26H27N5O7S3. The van der Waals surface area contributed by atoms with Crippen LogP contribution in [0.15, 0.2) is 78.9 Å². The minimum absolute atomic E-state index is 0.0965. The number of primary sulfonamides is 1. The molecule has 1 amide bonds. The van der Waals surface area contributed by atoms with Crippen LogP contribution in [-0.2, 0) is 41.3 Å². The molecule has 5 rings (SSSR count). The second-order valence-electron chi connectivity index (χ2n) is 9.79. The van der Waals surface area contributed by atoms with Crippen LogP contribution in [0.5, 0.6) is 0 Å². The van der Waals surface area contributed by atoms with Gasteiger partial charge in [0.05, 0.1) is 29.2 Å². The average Bonchev–Trinajstić information content (AvgIpc) is 3.46. The van der Waals surface area contributed by atoms with Crippen molar-refractivity contribution in [1.82, 2.24) is 19.4 Å². The van der Waals surface area contributed by atoms with Gasteiger partial charge in [0.2, 0.25) is 36.0 Å². The molecule has 0 saturated carbocycles. The van der Waals surface area contributed by atoms with Crippen LogP contribution in [0.4, 0.5) is 0 Å².